The van der Waals surface area contributed by atoms with Gasteiger partial charge in [0.05, 0.1) is 6.10 Å². The summed E-state index contributed by atoms with van der Waals surface area (Å²) in [5.41, 5.74) is 0. The molecule has 0 radical (unpaired) electrons. The molecular formula is C12H19NO2. The summed E-state index contributed by atoms with van der Waals surface area (Å²) in [6.07, 6.45) is 5.76. The lowest BCUT2D eigenvalue weighted by atomic mass is 10.1. The second kappa shape index (κ2) is 3.48. The van der Waals surface area contributed by atoms with Crippen LogP contribution in [0.5, 0.6) is 0 Å². The second-order valence-electron chi connectivity index (χ2n) is 5.43. The fourth-order valence-electron chi connectivity index (χ4n) is 3.18. The first-order chi connectivity index (χ1) is 7.27. The summed E-state index contributed by atoms with van der Waals surface area (Å²) in [6.45, 7) is 0.472. The number of rotatable bonds is 4. The third-order valence-corrected chi connectivity index (χ3v) is 4.36. The van der Waals surface area contributed by atoms with E-state index in [1.807, 2.05) is 0 Å². The van der Waals surface area contributed by atoms with E-state index < -0.39 is 0 Å². The Hall–Kier alpha value is -0.570. The van der Waals surface area contributed by atoms with Crippen molar-refractivity contribution in [3.63, 3.8) is 0 Å². The van der Waals surface area contributed by atoms with Crippen molar-refractivity contribution in [1.82, 2.24) is 5.32 Å². The molecule has 3 unspecified atom stereocenters. The molecule has 3 fully saturated rings. The highest BCUT2D eigenvalue weighted by Gasteiger charge is 2.56. The highest BCUT2D eigenvalue weighted by atomic mass is 16.3. The summed E-state index contributed by atoms with van der Waals surface area (Å²) >= 11 is 0. The molecule has 0 aromatic carbocycles. The molecule has 3 heteroatoms. The lowest BCUT2D eigenvalue weighted by molar-refractivity contribution is -0.123. The zero-order valence-corrected chi connectivity index (χ0v) is 8.98. The largest absolute Gasteiger partial charge is 0.391 e. The number of hydrogen-bond acceptors (Lipinski definition) is 2. The number of hydrogen-bond donors (Lipinski definition) is 2. The van der Waals surface area contributed by atoms with E-state index >= 15 is 0 Å². The van der Waals surface area contributed by atoms with Gasteiger partial charge in [0, 0.05) is 12.5 Å². The Morgan fingerprint density at radius 1 is 1.27 bits per heavy atom. The monoisotopic (exact) mass is 209 g/mol. The van der Waals surface area contributed by atoms with E-state index in [0.717, 1.165) is 12.8 Å². The molecule has 3 saturated carbocycles. The quantitative estimate of drug-likeness (QED) is 0.723. The number of aliphatic hydroxyl groups is 1. The first kappa shape index (κ1) is 9.64. The number of amides is 1. The number of nitrogens with one attached hydrogen (secondary N) is 1. The maximum absolute atomic E-state index is 11.7. The minimum Gasteiger partial charge on any atom is -0.391 e. The van der Waals surface area contributed by atoms with Crippen LogP contribution in [0.15, 0.2) is 0 Å². The first-order valence-electron chi connectivity index (χ1n) is 6.23. The van der Waals surface area contributed by atoms with Gasteiger partial charge in [-0.3, -0.25) is 4.79 Å². The third-order valence-electron chi connectivity index (χ3n) is 4.36. The Labute approximate surface area is 90.2 Å². The lowest BCUT2D eigenvalue weighted by Gasteiger charge is -2.11. The second-order valence-corrected chi connectivity index (χ2v) is 5.43. The minimum atomic E-state index is -0.299. The Kier molecular flexibility index (Phi) is 2.23. The normalized spacial score (nSPS) is 39.7. The summed E-state index contributed by atoms with van der Waals surface area (Å²) in [7, 11) is 0. The van der Waals surface area contributed by atoms with E-state index in [0.29, 0.717) is 30.2 Å². The van der Waals surface area contributed by atoms with Gasteiger partial charge in [0.1, 0.15) is 0 Å². The van der Waals surface area contributed by atoms with Crippen molar-refractivity contribution in [3.8, 4) is 0 Å². The van der Waals surface area contributed by atoms with Crippen LogP contribution < -0.4 is 5.32 Å². The van der Waals surface area contributed by atoms with E-state index in [-0.39, 0.29) is 12.0 Å². The summed E-state index contributed by atoms with van der Waals surface area (Å²) in [6, 6.07) is 0. The molecule has 0 aliphatic heterocycles. The highest BCUT2D eigenvalue weighted by Crippen LogP contribution is 2.57. The summed E-state index contributed by atoms with van der Waals surface area (Å²) in [5, 5.41) is 12.5. The van der Waals surface area contributed by atoms with Crippen molar-refractivity contribution in [1.29, 1.82) is 0 Å². The standard InChI is InChI=1S/C12H19NO2/c14-10(7-4-5-7)6-13-12(15)11-8-2-1-3-9(8)11/h7-11,14H,1-6H2,(H,13,15). The molecule has 3 nitrogen and oxygen atoms in total. The lowest BCUT2D eigenvalue weighted by Crippen LogP contribution is -2.34. The zero-order chi connectivity index (χ0) is 10.4. The highest BCUT2D eigenvalue weighted by molar-refractivity contribution is 5.82. The molecule has 3 atom stereocenters. The van der Waals surface area contributed by atoms with Crippen molar-refractivity contribution in [2.45, 2.75) is 38.2 Å². The summed E-state index contributed by atoms with van der Waals surface area (Å²) in [5.74, 6) is 2.32. The molecule has 0 heterocycles. The predicted molar refractivity (Wildman–Crippen MR) is 56.1 cm³/mol. The van der Waals surface area contributed by atoms with Crippen molar-refractivity contribution in [2.24, 2.45) is 23.7 Å². The van der Waals surface area contributed by atoms with E-state index in [4.69, 9.17) is 0 Å². The Morgan fingerprint density at radius 2 is 1.93 bits per heavy atom. The molecule has 0 aromatic rings. The van der Waals surface area contributed by atoms with Gasteiger partial charge in [0.2, 0.25) is 5.91 Å². The minimum absolute atomic E-state index is 0.199. The van der Waals surface area contributed by atoms with Crippen molar-refractivity contribution in [3.05, 3.63) is 0 Å². The smallest absolute Gasteiger partial charge is 0.223 e. The fourth-order valence-corrected chi connectivity index (χ4v) is 3.18. The molecule has 3 aliphatic rings. The van der Waals surface area contributed by atoms with Crippen LogP contribution in [0, 0.1) is 23.7 Å². The van der Waals surface area contributed by atoms with Gasteiger partial charge in [-0.15, -0.1) is 0 Å². The van der Waals surface area contributed by atoms with E-state index in [2.05, 4.69) is 5.32 Å². The van der Waals surface area contributed by atoms with Gasteiger partial charge in [0.25, 0.3) is 0 Å². The zero-order valence-electron chi connectivity index (χ0n) is 8.98. The Balaban J connectivity index is 1.42. The average Bonchev–Trinajstić information content (AvgIpc) is 3.14. The number of carbonyl (C=O) groups is 1. The van der Waals surface area contributed by atoms with Crippen LogP contribution in [-0.4, -0.2) is 23.7 Å². The molecule has 3 rings (SSSR count). The third kappa shape index (κ3) is 1.78. The van der Waals surface area contributed by atoms with Gasteiger partial charge in [-0.1, -0.05) is 6.42 Å². The topological polar surface area (TPSA) is 49.3 Å². The SMILES string of the molecule is O=C(NCC(O)C1CC1)C1C2CCCC21. The average molecular weight is 209 g/mol. The molecule has 3 aliphatic carbocycles. The molecule has 1 amide bonds. The van der Waals surface area contributed by atoms with Crippen molar-refractivity contribution in [2.75, 3.05) is 6.54 Å². The van der Waals surface area contributed by atoms with Crippen LogP contribution in [0.25, 0.3) is 0 Å². The summed E-state index contributed by atoms with van der Waals surface area (Å²) < 4.78 is 0. The Morgan fingerprint density at radius 3 is 2.53 bits per heavy atom. The molecule has 0 saturated heterocycles. The molecular weight excluding hydrogens is 190 g/mol. The summed E-state index contributed by atoms with van der Waals surface area (Å²) in [4.78, 5) is 11.7. The maximum atomic E-state index is 11.7. The van der Waals surface area contributed by atoms with Gasteiger partial charge in [0.15, 0.2) is 0 Å². The van der Waals surface area contributed by atoms with Gasteiger partial charge in [-0.05, 0) is 43.4 Å². The molecule has 84 valence electrons. The molecule has 0 aromatic heterocycles. The van der Waals surface area contributed by atoms with Crippen molar-refractivity contribution < 1.29 is 9.90 Å². The molecule has 2 N–H and O–H groups in total. The predicted octanol–water partition coefficient (Wildman–Crippen LogP) is 0.920. The maximum Gasteiger partial charge on any atom is 0.223 e. The van der Waals surface area contributed by atoms with Crippen LogP contribution in [0.3, 0.4) is 0 Å². The van der Waals surface area contributed by atoms with Crippen LogP contribution in [0.4, 0.5) is 0 Å². The molecule has 15 heavy (non-hydrogen) atoms. The van der Waals surface area contributed by atoms with E-state index in [1.165, 1.54) is 19.3 Å². The van der Waals surface area contributed by atoms with Crippen LogP contribution in [0.1, 0.15) is 32.1 Å². The molecule has 0 spiro atoms. The van der Waals surface area contributed by atoms with E-state index in [1.54, 1.807) is 0 Å². The first-order valence-corrected chi connectivity index (χ1v) is 6.23. The van der Waals surface area contributed by atoms with Crippen LogP contribution in [-0.2, 0) is 4.79 Å². The van der Waals surface area contributed by atoms with Gasteiger partial charge < -0.3 is 10.4 Å². The van der Waals surface area contributed by atoms with Crippen LogP contribution >= 0.6 is 0 Å². The number of fused-ring (bicyclic) bond motifs is 1. The van der Waals surface area contributed by atoms with Crippen molar-refractivity contribution >= 4 is 5.91 Å². The fraction of sp³-hybridized carbons (Fsp3) is 0.917. The van der Waals surface area contributed by atoms with Gasteiger partial charge in [-0.25, -0.2) is 0 Å². The molecule has 0 bridgehead atoms. The number of aliphatic hydroxyl groups excluding tert-OH is 1. The van der Waals surface area contributed by atoms with E-state index in [9.17, 15) is 9.90 Å². The van der Waals surface area contributed by atoms with Gasteiger partial charge in [-0.2, -0.15) is 0 Å². The van der Waals surface area contributed by atoms with Crippen LogP contribution in [0.2, 0.25) is 0 Å². The Bertz CT molecular complexity index is 265. The van der Waals surface area contributed by atoms with Gasteiger partial charge >= 0.3 is 0 Å². The number of carbonyl (C=O) groups excluding carboxylic acids is 1.